The van der Waals surface area contributed by atoms with E-state index in [0.717, 1.165) is 40.5 Å². The molecule has 3 aromatic carbocycles. The van der Waals surface area contributed by atoms with Crippen molar-refractivity contribution in [1.82, 2.24) is 0 Å². The molecule has 0 amide bonds. The molecule has 25 heavy (non-hydrogen) atoms. The van der Waals surface area contributed by atoms with Crippen molar-refractivity contribution in [3.8, 4) is 17.6 Å². The molecule has 3 aromatic rings. The third-order valence-corrected chi connectivity index (χ3v) is 4.86. The second-order valence-electron chi connectivity index (χ2n) is 6.55. The number of benzene rings is 3. The fraction of sp³-hybridized carbons (Fsp3) is 0.217. The smallest absolute Gasteiger partial charge is 0.154 e. The minimum atomic E-state index is -1.07. The molecular weight excluding hydrogens is 308 g/mol. The Labute approximate surface area is 148 Å². The predicted molar refractivity (Wildman–Crippen MR) is 100 cm³/mol. The van der Waals surface area contributed by atoms with Crippen LogP contribution in [-0.2, 0) is 5.60 Å². The van der Waals surface area contributed by atoms with Crippen molar-refractivity contribution in [2.75, 3.05) is 7.11 Å². The van der Waals surface area contributed by atoms with Crippen molar-refractivity contribution in [3.63, 3.8) is 0 Å². The highest BCUT2D eigenvalue weighted by atomic mass is 16.5. The van der Waals surface area contributed by atoms with Crippen LogP contribution in [0.4, 0.5) is 0 Å². The SMILES string of the molecule is COc1ccc2c(C#CC(O)(c3ccccc3)C3CC3)cccc2c1. The number of methoxy groups -OCH3 is 1. The van der Waals surface area contributed by atoms with Crippen LogP contribution in [-0.4, -0.2) is 12.2 Å². The van der Waals surface area contributed by atoms with Crippen LogP contribution in [0.1, 0.15) is 24.0 Å². The topological polar surface area (TPSA) is 29.5 Å². The summed E-state index contributed by atoms with van der Waals surface area (Å²) in [6, 6.07) is 21.8. The molecule has 1 unspecified atom stereocenters. The van der Waals surface area contributed by atoms with Gasteiger partial charge in [-0.1, -0.05) is 54.3 Å². The Kier molecular flexibility index (Phi) is 3.95. The van der Waals surface area contributed by atoms with Gasteiger partial charge in [-0.05, 0) is 53.4 Å². The molecule has 0 saturated heterocycles. The molecule has 4 rings (SSSR count). The van der Waals surface area contributed by atoms with E-state index in [0.29, 0.717) is 0 Å². The van der Waals surface area contributed by atoms with E-state index >= 15 is 0 Å². The summed E-state index contributed by atoms with van der Waals surface area (Å²) in [5.41, 5.74) is 0.734. The van der Waals surface area contributed by atoms with Crippen LogP contribution in [0.2, 0.25) is 0 Å². The van der Waals surface area contributed by atoms with Crippen LogP contribution in [0, 0.1) is 17.8 Å². The van der Waals surface area contributed by atoms with E-state index < -0.39 is 5.60 Å². The number of rotatable bonds is 3. The molecule has 0 bridgehead atoms. The lowest BCUT2D eigenvalue weighted by molar-refractivity contribution is 0.0757. The molecule has 1 aliphatic rings. The summed E-state index contributed by atoms with van der Waals surface area (Å²) in [6.07, 6.45) is 2.04. The van der Waals surface area contributed by atoms with Crippen molar-refractivity contribution in [2.24, 2.45) is 5.92 Å². The summed E-state index contributed by atoms with van der Waals surface area (Å²) in [5.74, 6) is 7.48. The number of ether oxygens (including phenoxy) is 1. The summed E-state index contributed by atoms with van der Waals surface area (Å²) in [5, 5.41) is 13.4. The van der Waals surface area contributed by atoms with Crippen molar-refractivity contribution in [1.29, 1.82) is 0 Å². The van der Waals surface area contributed by atoms with Crippen LogP contribution < -0.4 is 4.74 Å². The van der Waals surface area contributed by atoms with E-state index in [1.165, 1.54) is 0 Å². The number of aliphatic hydroxyl groups is 1. The largest absolute Gasteiger partial charge is 0.497 e. The minimum Gasteiger partial charge on any atom is -0.497 e. The second-order valence-corrected chi connectivity index (χ2v) is 6.55. The zero-order valence-electron chi connectivity index (χ0n) is 14.2. The summed E-state index contributed by atoms with van der Waals surface area (Å²) in [6.45, 7) is 0. The van der Waals surface area contributed by atoms with E-state index in [1.807, 2.05) is 66.7 Å². The minimum absolute atomic E-state index is 0.220. The Morgan fingerprint density at radius 3 is 2.52 bits per heavy atom. The maximum absolute atomic E-state index is 11.2. The van der Waals surface area contributed by atoms with Gasteiger partial charge in [-0.2, -0.15) is 0 Å². The van der Waals surface area contributed by atoms with Gasteiger partial charge in [0.25, 0.3) is 0 Å². The molecule has 0 aromatic heterocycles. The fourth-order valence-electron chi connectivity index (χ4n) is 3.26. The van der Waals surface area contributed by atoms with Gasteiger partial charge in [0.15, 0.2) is 5.60 Å². The molecule has 1 aliphatic carbocycles. The summed E-state index contributed by atoms with van der Waals surface area (Å²) in [7, 11) is 1.67. The number of fused-ring (bicyclic) bond motifs is 1. The first-order valence-electron chi connectivity index (χ1n) is 8.58. The fourth-order valence-corrected chi connectivity index (χ4v) is 3.26. The third kappa shape index (κ3) is 2.99. The van der Waals surface area contributed by atoms with Gasteiger partial charge in [-0.15, -0.1) is 0 Å². The second kappa shape index (κ2) is 6.27. The van der Waals surface area contributed by atoms with Gasteiger partial charge in [-0.3, -0.25) is 0 Å². The maximum Gasteiger partial charge on any atom is 0.154 e. The number of hydrogen-bond donors (Lipinski definition) is 1. The van der Waals surface area contributed by atoms with Crippen LogP contribution in [0.5, 0.6) is 5.75 Å². The molecule has 124 valence electrons. The normalized spacial score (nSPS) is 15.9. The molecule has 1 atom stereocenters. The monoisotopic (exact) mass is 328 g/mol. The zero-order valence-corrected chi connectivity index (χ0v) is 14.2. The van der Waals surface area contributed by atoms with Crippen LogP contribution >= 0.6 is 0 Å². The predicted octanol–water partition coefficient (Wildman–Crippen LogP) is 4.50. The van der Waals surface area contributed by atoms with E-state index in [9.17, 15) is 5.11 Å². The molecule has 0 radical (unpaired) electrons. The highest BCUT2D eigenvalue weighted by Gasteiger charge is 2.44. The van der Waals surface area contributed by atoms with Gasteiger partial charge in [0.05, 0.1) is 7.11 Å². The van der Waals surface area contributed by atoms with E-state index in [1.54, 1.807) is 7.11 Å². The average Bonchev–Trinajstić information content (AvgIpc) is 3.52. The van der Waals surface area contributed by atoms with Gasteiger partial charge >= 0.3 is 0 Å². The van der Waals surface area contributed by atoms with Crippen LogP contribution in [0.25, 0.3) is 10.8 Å². The Morgan fingerprint density at radius 2 is 1.80 bits per heavy atom. The third-order valence-electron chi connectivity index (χ3n) is 4.86. The Hall–Kier alpha value is -2.76. The Bertz CT molecular complexity index is 962. The molecule has 1 saturated carbocycles. The molecule has 0 spiro atoms. The average molecular weight is 328 g/mol. The van der Waals surface area contributed by atoms with E-state index in [-0.39, 0.29) is 5.92 Å². The highest BCUT2D eigenvalue weighted by molar-refractivity contribution is 5.89. The zero-order chi connectivity index (χ0) is 17.3. The lowest BCUT2D eigenvalue weighted by Gasteiger charge is -2.22. The summed E-state index contributed by atoms with van der Waals surface area (Å²) in [4.78, 5) is 0. The molecular formula is C23H20O2. The van der Waals surface area contributed by atoms with Crippen molar-refractivity contribution in [2.45, 2.75) is 18.4 Å². The lowest BCUT2D eigenvalue weighted by Crippen LogP contribution is -2.26. The van der Waals surface area contributed by atoms with Crippen LogP contribution in [0.3, 0.4) is 0 Å². The highest BCUT2D eigenvalue weighted by Crippen LogP contribution is 2.45. The molecule has 2 heteroatoms. The molecule has 0 heterocycles. The van der Waals surface area contributed by atoms with Crippen LogP contribution in [0.15, 0.2) is 66.7 Å². The summed E-state index contributed by atoms with van der Waals surface area (Å²) >= 11 is 0. The quantitative estimate of drug-likeness (QED) is 0.718. The number of hydrogen-bond acceptors (Lipinski definition) is 2. The van der Waals surface area contributed by atoms with Gasteiger partial charge in [0.1, 0.15) is 5.75 Å². The maximum atomic E-state index is 11.2. The first-order chi connectivity index (χ1) is 12.2. The molecule has 0 aliphatic heterocycles. The first kappa shape index (κ1) is 15.7. The van der Waals surface area contributed by atoms with Gasteiger partial charge in [0.2, 0.25) is 0 Å². The van der Waals surface area contributed by atoms with Gasteiger partial charge in [0, 0.05) is 11.5 Å². The Balaban J connectivity index is 1.78. The van der Waals surface area contributed by atoms with Crippen molar-refractivity contribution in [3.05, 3.63) is 77.9 Å². The molecule has 1 N–H and O–H groups in total. The Morgan fingerprint density at radius 1 is 1.00 bits per heavy atom. The molecule has 1 fully saturated rings. The van der Waals surface area contributed by atoms with Crippen molar-refractivity contribution >= 4 is 10.8 Å². The van der Waals surface area contributed by atoms with E-state index in [2.05, 4.69) is 11.8 Å². The molecule has 2 nitrogen and oxygen atoms in total. The van der Waals surface area contributed by atoms with Gasteiger partial charge in [-0.25, -0.2) is 0 Å². The summed E-state index contributed by atoms with van der Waals surface area (Å²) < 4.78 is 5.30. The first-order valence-corrected chi connectivity index (χ1v) is 8.58. The van der Waals surface area contributed by atoms with Gasteiger partial charge < -0.3 is 9.84 Å². The van der Waals surface area contributed by atoms with Crippen molar-refractivity contribution < 1.29 is 9.84 Å². The van der Waals surface area contributed by atoms with E-state index in [4.69, 9.17) is 4.74 Å². The lowest BCUT2D eigenvalue weighted by atomic mass is 9.89. The standard InChI is InChI=1S/C23H20O2/c1-25-21-12-13-22-17(6-5-7-18(22)16-21)14-15-23(24,20-10-11-20)19-8-3-2-4-9-19/h2-9,12-13,16,20,24H,10-11H2,1H3.